The quantitative estimate of drug-likeness (QED) is 0.664. The van der Waals surface area contributed by atoms with Crippen LogP contribution in [0, 0.1) is 0 Å². The van der Waals surface area contributed by atoms with E-state index in [0.29, 0.717) is 32.7 Å². The Morgan fingerprint density at radius 3 is 2.06 bits per heavy atom. The molecule has 0 aliphatic carbocycles. The molecule has 0 saturated carbocycles. The first-order valence-corrected chi connectivity index (χ1v) is 6.21. The van der Waals surface area contributed by atoms with Gasteiger partial charge in [-0.15, -0.1) is 11.6 Å². The molecule has 6 heteroatoms. The summed E-state index contributed by atoms with van der Waals surface area (Å²) < 4.78 is 0. The van der Waals surface area contributed by atoms with E-state index in [1.54, 1.807) is 16.7 Å². The molecule has 1 saturated heterocycles. The number of amides is 2. The van der Waals surface area contributed by atoms with Gasteiger partial charge in [0.05, 0.1) is 6.54 Å². The predicted molar refractivity (Wildman–Crippen MR) is 67.0 cm³/mol. The third-order valence-electron chi connectivity index (χ3n) is 2.74. The molecule has 1 aliphatic rings. The van der Waals surface area contributed by atoms with Crippen molar-refractivity contribution >= 4 is 23.4 Å². The third kappa shape index (κ3) is 4.16. The zero-order chi connectivity index (χ0) is 13.0. The molecule has 2 amide bonds. The minimum atomic E-state index is -0.487. The summed E-state index contributed by atoms with van der Waals surface area (Å²) in [5.41, 5.74) is 0. The van der Waals surface area contributed by atoms with Crippen LogP contribution in [-0.4, -0.2) is 78.7 Å². The highest BCUT2D eigenvalue weighted by atomic mass is 35.5. The average molecular weight is 262 g/mol. The molecule has 0 bridgehead atoms. The fourth-order valence-corrected chi connectivity index (χ4v) is 1.94. The smallest absolute Gasteiger partial charge is 0.240 e. The van der Waals surface area contributed by atoms with E-state index in [-0.39, 0.29) is 11.8 Å². The molecule has 0 aromatic rings. The maximum absolute atomic E-state index is 11.8. The molecule has 1 unspecified atom stereocenters. The summed E-state index contributed by atoms with van der Waals surface area (Å²) in [5, 5.41) is -0.487. The van der Waals surface area contributed by atoms with Gasteiger partial charge >= 0.3 is 0 Å². The molecule has 5 nitrogen and oxygen atoms in total. The molecule has 1 atom stereocenters. The lowest BCUT2D eigenvalue weighted by molar-refractivity contribution is -0.139. The van der Waals surface area contributed by atoms with Crippen LogP contribution >= 0.6 is 11.6 Å². The van der Waals surface area contributed by atoms with Crippen molar-refractivity contribution in [1.29, 1.82) is 0 Å². The number of hydrogen-bond donors (Lipinski definition) is 0. The number of halogens is 1. The molecule has 0 radical (unpaired) electrons. The minimum Gasteiger partial charge on any atom is -0.338 e. The Bertz CT molecular complexity index is 286. The molecule has 1 rings (SSSR count). The monoisotopic (exact) mass is 261 g/mol. The zero-order valence-electron chi connectivity index (χ0n) is 10.6. The SMILES string of the molecule is CC(Cl)C(=O)N1CCN(C(=O)CN(C)C)CC1. The van der Waals surface area contributed by atoms with Crippen LogP contribution in [0.5, 0.6) is 0 Å². The summed E-state index contributed by atoms with van der Waals surface area (Å²) in [6.07, 6.45) is 0. The van der Waals surface area contributed by atoms with Crippen LogP contribution in [0.2, 0.25) is 0 Å². The highest BCUT2D eigenvalue weighted by Crippen LogP contribution is 2.07. The lowest BCUT2D eigenvalue weighted by atomic mass is 10.2. The number of hydrogen-bond acceptors (Lipinski definition) is 3. The number of alkyl halides is 1. The Balaban J connectivity index is 2.40. The molecule has 0 spiro atoms. The number of carbonyl (C=O) groups excluding carboxylic acids is 2. The van der Waals surface area contributed by atoms with Gasteiger partial charge in [-0.1, -0.05) is 0 Å². The summed E-state index contributed by atoms with van der Waals surface area (Å²) in [4.78, 5) is 28.8. The van der Waals surface area contributed by atoms with Crippen molar-refractivity contribution in [1.82, 2.24) is 14.7 Å². The maximum Gasteiger partial charge on any atom is 0.240 e. The zero-order valence-corrected chi connectivity index (χ0v) is 11.4. The lowest BCUT2D eigenvalue weighted by Crippen LogP contribution is -2.53. The second-order valence-corrected chi connectivity index (χ2v) is 5.21. The summed E-state index contributed by atoms with van der Waals surface area (Å²) in [6, 6.07) is 0. The predicted octanol–water partition coefficient (Wildman–Crippen LogP) is -0.154. The van der Waals surface area contributed by atoms with Crippen molar-refractivity contribution in [2.75, 3.05) is 46.8 Å². The van der Waals surface area contributed by atoms with Crippen LogP contribution < -0.4 is 0 Å². The molecular formula is C11H20ClN3O2. The summed E-state index contributed by atoms with van der Waals surface area (Å²) >= 11 is 5.75. The van der Waals surface area contributed by atoms with E-state index in [2.05, 4.69) is 0 Å². The highest BCUT2D eigenvalue weighted by molar-refractivity contribution is 6.30. The molecule has 0 aromatic carbocycles. The molecular weight excluding hydrogens is 242 g/mol. The van der Waals surface area contributed by atoms with Gasteiger partial charge < -0.3 is 14.7 Å². The number of piperazine rings is 1. The van der Waals surface area contributed by atoms with Crippen LogP contribution in [0.25, 0.3) is 0 Å². The van der Waals surface area contributed by atoms with E-state index < -0.39 is 5.38 Å². The van der Waals surface area contributed by atoms with Crippen LogP contribution in [0.1, 0.15) is 6.92 Å². The molecule has 1 heterocycles. The second kappa shape index (κ2) is 6.21. The van der Waals surface area contributed by atoms with Crippen LogP contribution in [0.3, 0.4) is 0 Å². The highest BCUT2D eigenvalue weighted by Gasteiger charge is 2.25. The van der Waals surface area contributed by atoms with Gasteiger partial charge in [-0.25, -0.2) is 0 Å². The van der Waals surface area contributed by atoms with E-state index in [9.17, 15) is 9.59 Å². The molecule has 1 aliphatic heterocycles. The Morgan fingerprint density at radius 1 is 1.18 bits per heavy atom. The van der Waals surface area contributed by atoms with Gasteiger partial charge in [-0.3, -0.25) is 9.59 Å². The molecule has 17 heavy (non-hydrogen) atoms. The molecule has 0 aromatic heterocycles. The molecule has 98 valence electrons. The number of likely N-dealkylation sites (N-methyl/N-ethyl adjacent to an activating group) is 1. The van der Waals surface area contributed by atoms with Gasteiger partial charge in [0.25, 0.3) is 0 Å². The topological polar surface area (TPSA) is 43.9 Å². The number of carbonyl (C=O) groups is 2. The van der Waals surface area contributed by atoms with Crippen molar-refractivity contribution in [2.24, 2.45) is 0 Å². The Morgan fingerprint density at radius 2 is 1.65 bits per heavy atom. The summed E-state index contributed by atoms with van der Waals surface area (Å²) in [7, 11) is 3.74. The van der Waals surface area contributed by atoms with Gasteiger partial charge in [-0.2, -0.15) is 0 Å². The van der Waals surface area contributed by atoms with Gasteiger partial charge in [-0.05, 0) is 21.0 Å². The first-order chi connectivity index (χ1) is 7.91. The average Bonchev–Trinajstić information content (AvgIpc) is 2.27. The van der Waals surface area contributed by atoms with Crippen molar-refractivity contribution in [3.63, 3.8) is 0 Å². The van der Waals surface area contributed by atoms with E-state index in [1.807, 2.05) is 19.0 Å². The van der Waals surface area contributed by atoms with Crippen LogP contribution in [0.4, 0.5) is 0 Å². The van der Waals surface area contributed by atoms with Crippen molar-refractivity contribution in [3.05, 3.63) is 0 Å². The second-order valence-electron chi connectivity index (χ2n) is 4.56. The minimum absolute atomic E-state index is 0.0497. The van der Waals surface area contributed by atoms with E-state index in [1.165, 1.54) is 0 Å². The third-order valence-corrected chi connectivity index (χ3v) is 2.92. The van der Waals surface area contributed by atoms with Gasteiger partial charge in [0.15, 0.2) is 0 Å². The van der Waals surface area contributed by atoms with E-state index in [0.717, 1.165) is 0 Å². The van der Waals surface area contributed by atoms with Gasteiger partial charge in [0.2, 0.25) is 11.8 Å². The number of nitrogens with zero attached hydrogens (tertiary/aromatic N) is 3. The molecule has 0 N–H and O–H groups in total. The Kier molecular flexibility index (Phi) is 5.21. The Hall–Kier alpha value is -0.810. The Labute approximate surface area is 107 Å². The van der Waals surface area contributed by atoms with Crippen molar-refractivity contribution in [2.45, 2.75) is 12.3 Å². The summed E-state index contributed by atoms with van der Waals surface area (Å²) in [5.74, 6) is 0.0624. The number of rotatable bonds is 3. The molecule has 1 fully saturated rings. The standard InChI is InChI=1S/C11H20ClN3O2/c1-9(12)11(17)15-6-4-14(5-7-15)10(16)8-13(2)3/h9H,4-8H2,1-3H3. The van der Waals surface area contributed by atoms with Gasteiger partial charge in [0, 0.05) is 26.2 Å². The first-order valence-electron chi connectivity index (χ1n) is 5.77. The normalized spacial score (nSPS) is 18.4. The first kappa shape index (κ1) is 14.3. The van der Waals surface area contributed by atoms with Crippen molar-refractivity contribution in [3.8, 4) is 0 Å². The largest absolute Gasteiger partial charge is 0.338 e. The van der Waals surface area contributed by atoms with Gasteiger partial charge in [0.1, 0.15) is 5.38 Å². The van der Waals surface area contributed by atoms with Crippen LogP contribution in [0.15, 0.2) is 0 Å². The summed E-state index contributed by atoms with van der Waals surface area (Å²) in [6.45, 7) is 4.45. The van der Waals surface area contributed by atoms with Crippen molar-refractivity contribution < 1.29 is 9.59 Å². The maximum atomic E-state index is 11.8. The lowest BCUT2D eigenvalue weighted by Gasteiger charge is -2.35. The van der Waals surface area contributed by atoms with E-state index >= 15 is 0 Å². The van der Waals surface area contributed by atoms with E-state index in [4.69, 9.17) is 11.6 Å². The fourth-order valence-electron chi connectivity index (χ4n) is 1.80. The van der Waals surface area contributed by atoms with Crippen LogP contribution in [-0.2, 0) is 9.59 Å². The fraction of sp³-hybridized carbons (Fsp3) is 0.818.